The number of carbonyl (C=O) groups is 1. The molecule has 0 aliphatic carbocycles. The summed E-state index contributed by atoms with van der Waals surface area (Å²) in [4.78, 5) is 16.0. The molecule has 1 heterocycles. The molecule has 0 aliphatic heterocycles. The monoisotopic (exact) mass is 326 g/mol. The van der Waals surface area contributed by atoms with Crippen LogP contribution >= 0.6 is 11.3 Å². The van der Waals surface area contributed by atoms with E-state index in [1.807, 2.05) is 0 Å². The van der Waals surface area contributed by atoms with Gasteiger partial charge in [0.05, 0.1) is 11.7 Å². The van der Waals surface area contributed by atoms with Gasteiger partial charge >= 0.3 is 0 Å². The standard InChI is InChI=1S/C12H14N4O3S2/c1-7(13)12-16-9(6-20-12)11(17)15-8-4-2-3-5-10(8)21(14,18)19/h2-7H,13H2,1H3,(H,15,17)(H2,14,18,19). The maximum Gasteiger partial charge on any atom is 0.275 e. The van der Waals surface area contributed by atoms with Gasteiger partial charge in [0.25, 0.3) is 5.91 Å². The van der Waals surface area contributed by atoms with E-state index in [2.05, 4.69) is 10.3 Å². The van der Waals surface area contributed by atoms with Crippen molar-refractivity contribution < 1.29 is 13.2 Å². The normalized spacial score (nSPS) is 12.9. The van der Waals surface area contributed by atoms with E-state index in [0.29, 0.717) is 5.01 Å². The van der Waals surface area contributed by atoms with Gasteiger partial charge in [0, 0.05) is 5.38 Å². The molecule has 0 radical (unpaired) electrons. The van der Waals surface area contributed by atoms with Gasteiger partial charge in [0.2, 0.25) is 10.0 Å². The van der Waals surface area contributed by atoms with Crippen LogP contribution in [0.2, 0.25) is 0 Å². The van der Waals surface area contributed by atoms with E-state index in [1.54, 1.807) is 18.4 Å². The van der Waals surface area contributed by atoms with E-state index < -0.39 is 15.9 Å². The Labute approximate surface area is 126 Å². The average Bonchev–Trinajstić information content (AvgIpc) is 2.88. The fraction of sp³-hybridized carbons (Fsp3) is 0.167. The number of thiazole rings is 1. The number of primary sulfonamides is 1. The third-order valence-electron chi connectivity index (χ3n) is 2.59. The summed E-state index contributed by atoms with van der Waals surface area (Å²) in [5.41, 5.74) is 5.97. The lowest BCUT2D eigenvalue weighted by Gasteiger charge is -2.08. The Morgan fingerprint density at radius 2 is 2.05 bits per heavy atom. The van der Waals surface area contributed by atoms with Gasteiger partial charge in [-0.15, -0.1) is 11.3 Å². The summed E-state index contributed by atoms with van der Waals surface area (Å²) in [6.45, 7) is 1.76. The van der Waals surface area contributed by atoms with Gasteiger partial charge in [0.1, 0.15) is 15.6 Å². The van der Waals surface area contributed by atoms with Gasteiger partial charge in [-0.3, -0.25) is 4.79 Å². The van der Waals surface area contributed by atoms with Crippen LogP contribution in [0.15, 0.2) is 34.5 Å². The molecule has 21 heavy (non-hydrogen) atoms. The van der Waals surface area contributed by atoms with E-state index in [0.717, 1.165) is 0 Å². The van der Waals surface area contributed by atoms with Crippen LogP contribution < -0.4 is 16.2 Å². The number of anilines is 1. The van der Waals surface area contributed by atoms with Crippen molar-refractivity contribution in [2.45, 2.75) is 17.9 Å². The minimum Gasteiger partial charge on any atom is -0.322 e. The van der Waals surface area contributed by atoms with Crippen LogP contribution in [0.1, 0.15) is 28.5 Å². The molecule has 1 aromatic heterocycles. The lowest BCUT2D eigenvalue weighted by Crippen LogP contribution is -2.18. The molecule has 0 saturated heterocycles. The van der Waals surface area contributed by atoms with Crippen LogP contribution in [0, 0.1) is 0 Å². The largest absolute Gasteiger partial charge is 0.322 e. The first-order valence-corrected chi connectivity index (χ1v) is 8.36. The lowest BCUT2D eigenvalue weighted by atomic mass is 10.3. The number of amides is 1. The van der Waals surface area contributed by atoms with E-state index in [4.69, 9.17) is 10.9 Å². The van der Waals surface area contributed by atoms with Gasteiger partial charge in [-0.1, -0.05) is 12.1 Å². The highest BCUT2D eigenvalue weighted by Crippen LogP contribution is 2.21. The van der Waals surface area contributed by atoms with Crippen LogP contribution in [-0.2, 0) is 10.0 Å². The first-order valence-electron chi connectivity index (χ1n) is 5.93. The predicted octanol–water partition coefficient (Wildman–Crippen LogP) is 1.06. The molecule has 1 unspecified atom stereocenters. The number of nitrogens with two attached hydrogens (primary N) is 2. The smallest absolute Gasteiger partial charge is 0.275 e. The number of aromatic nitrogens is 1. The number of para-hydroxylation sites is 1. The molecule has 1 aromatic carbocycles. The van der Waals surface area contributed by atoms with E-state index in [1.165, 1.54) is 29.5 Å². The van der Waals surface area contributed by atoms with Crippen molar-refractivity contribution in [1.29, 1.82) is 0 Å². The molecule has 112 valence electrons. The molecule has 0 aliphatic rings. The molecule has 0 fully saturated rings. The number of rotatable bonds is 4. The van der Waals surface area contributed by atoms with Gasteiger partial charge < -0.3 is 11.1 Å². The third kappa shape index (κ3) is 3.64. The third-order valence-corrected chi connectivity index (χ3v) is 4.60. The van der Waals surface area contributed by atoms with Crippen molar-refractivity contribution in [3.8, 4) is 0 Å². The number of nitrogens with zero attached hydrogens (tertiary/aromatic N) is 1. The molecule has 7 nitrogen and oxygen atoms in total. The summed E-state index contributed by atoms with van der Waals surface area (Å²) in [5, 5.41) is 9.79. The molecule has 0 saturated carbocycles. The number of hydrogen-bond donors (Lipinski definition) is 3. The highest BCUT2D eigenvalue weighted by Gasteiger charge is 2.18. The number of hydrogen-bond acceptors (Lipinski definition) is 6. The number of nitrogens with one attached hydrogen (secondary N) is 1. The molecule has 1 amide bonds. The Balaban J connectivity index is 2.28. The fourth-order valence-electron chi connectivity index (χ4n) is 1.61. The van der Waals surface area contributed by atoms with Crippen molar-refractivity contribution in [3.05, 3.63) is 40.3 Å². The molecule has 5 N–H and O–H groups in total. The Bertz CT molecular complexity index is 768. The van der Waals surface area contributed by atoms with E-state index >= 15 is 0 Å². The molecule has 0 spiro atoms. The zero-order chi connectivity index (χ0) is 15.6. The number of sulfonamides is 1. The van der Waals surface area contributed by atoms with Crippen molar-refractivity contribution in [1.82, 2.24) is 4.98 Å². The fourth-order valence-corrected chi connectivity index (χ4v) is 3.06. The zero-order valence-electron chi connectivity index (χ0n) is 11.1. The molecule has 1 atom stereocenters. The second kappa shape index (κ2) is 5.90. The molecular weight excluding hydrogens is 312 g/mol. The quantitative estimate of drug-likeness (QED) is 0.774. The van der Waals surface area contributed by atoms with Crippen molar-refractivity contribution >= 4 is 33.0 Å². The first-order chi connectivity index (χ1) is 9.79. The SMILES string of the molecule is CC(N)c1nc(C(=O)Nc2ccccc2S(N)(=O)=O)cs1. The topological polar surface area (TPSA) is 128 Å². The highest BCUT2D eigenvalue weighted by atomic mass is 32.2. The van der Waals surface area contributed by atoms with E-state index in [-0.39, 0.29) is 22.3 Å². The number of carbonyl (C=O) groups excluding carboxylic acids is 1. The van der Waals surface area contributed by atoms with E-state index in [9.17, 15) is 13.2 Å². The van der Waals surface area contributed by atoms with Crippen LogP contribution in [-0.4, -0.2) is 19.3 Å². The number of benzene rings is 1. The molecule has 2 rings (SSSR count). The van der Waals surface area contributed by atoms with Gasteiger partial charge in [-0.2, -0.15) is 0 Å². The van der Waals surface area contributed by atoms with Crippen LogP contribution in [0.4, 0.5) is 5.69 Å². The summed E-state index contributed by atoms with van der Waals surface area (Å²) >= 11 is 1.27. The Morgan fingerprint density at radius 3 is 2.62 bits per heavy atom. The van der Waals surface area contributed by atoms with Crippen molar-refractivity contribution in [2.24, 2.45) is 10.9 Å². The van der Waals surface area contributed by atoms with Crippen LogP contribution in [0.5, 0.6) is 0 Å². The molecule has 2 aromatic rings. The first kappa shape index (κ1) is 15.6. The second-order valence-electron chi connectivity index (χ2n) is 4.35. The highest BCUT2D eigenvalue weighted by molar-refractivity contribution is 7.89. The summed E-state index contributed by atoms with van der Waals surface area (Å²) in [7, 11) is -3.92. The Kier molecular flexibility index (Phi) is 4.37. The van der Waals surface area contributed by atoms with Gasteiger partial charge in [0.15, 0.2) is 0 Å². The maximum absolute atomic E-state index is 12.1. The maximum atomic E-state index is 12.1. The molecule has 0 bridgehead atoms. The zero-order valence-corrected chi connectivity index (χ0v) is 12.7. The predicted molar refractivity (Wildman–Crippen MR) is 80.5 cm³/mol. The summed E-state index contributed by atoms with van der Waals surface area (Å²) < 4.78 is 22.9. The summed E-state index contributed by atoms with van der Waals surface area (Å²) in [5.74, 6) is -0.519. The average molecular weight is 326 g/mol. The lowest BCUT2D eigenvalue weighted by molar-refractivity contribution is 0.102. The van der Waals surface area contributed by atoms with Crippen LogP contribution in [0.3, 0.4) is 0 Å². The van der Waals surface area contributed by atoms with Gasteiger partial charge in [-0.05, 0) is 19.1 Å². The Morgan fingerprint density at radius 1 is 1.38 bits per heavy atom. The summed E-state index contributed by atoms with van der Waals surface area (Å²) in [6.07, 6.45) is 0. The minimum absolute atomic E-state index is 0.111. The van der Waals surface area contributed by atoms with Crippen LogP contribution in [0.25, 0.3) is 0 Å². The van der Waals surface area contributed by atoms with Gasteiger partial charge in [-0.25, -0.2) is 18.5 Å². The molecular formula is C12H14N4O3S2. The second-order valence-corrected chi connectivity index (χ2v) is 6.77. The Hall–Kier alpha value is -1.81. The molecule has 9 heteroatoms. The summed E-state index contributed by atoms with van der Waals surface area (Å²) in [6, 6.07) is 5.62. The van der Waals surface area contributed by atoms with Crippen molar-refractivity contribution in [3.63, 3.8) is 0 Å². The minimum atomic E-state index is -3.92. The van der Waals surface area contributed by atoms with Crippen molar-refractivity contribution in [2.75, 3.05) is 5.32 Å².